The summed E-state index contributed by atoms with van der Waals surface area (Å²) < 4.78 is 0. The van der Waals surface area contributed by atoms with E-state index in [1.807, 2.05) is 20.0 Å². The molecule has 2 aromatic heterocycles. The van der Waals surface area contributed by atoms with Crippen molar-refractivity contribution >= 4 is 11.3 Å². The predicted molar refractivity (Wildman–Crippen MR) is 79.3 cm³/mol. The van der Waals surface area contributed by atoms with Gasteiger partial charge in [0.05, 0.1) is 5.69 Å². The zero-order chi connectivity index (χ0) is 14.0. The summed E-state index contributed by atoms with van der Waals surface area (Å²) in [6, 6.07) is 1.92. The van der Waals surface area contributed by atoms with Crippen LogP contribution in [0, 0.1) is 6.92 Å². The van der Waals surface area contributed by atoms with Gasteiger partial charge in [-0.15, -0.1) is 11.3 Å². The van der Waals surface area contributed by atoms with Gasteiger partial charge in [-0.2, -0.15) is 0 Å². The van der Waals surface area contributed by atoms with Crippen molar-refractivity contribution in [2.75, 3.05) is 7.05 Å². The third kappa shape index (κ3) is 3.16. The third-order valence-electron chi connectivity index (χ3n) is 2.74. The van der Waals surface area contributed by atoms with Crippen LogP contribution in [0.25, 0.3) is 10.7 Å². The maximum Gasteiger partial charge on any atom is 0.142 e. The van der Waals surface area contributed by atoms with Crippen molar-refractivity contribution in [2.45, 2.75) is 39.7 Å². The van der Waals surface area contributed by atoms with Crippen molar-refractivity contribution in [3.05, 3.63) is 28.7 Å². The molecule has 0 fully saturated rings. The summed E-state index contributed by atoms with van der Waals surface area (Å²) in [6.45, 7) is 9.31. The molecule has 5 heteroatoms. The molecule has 0 aliphatic rings. The van der Waals surface area contributed by atoms with Crippen LogP contribution in [-0.2, 0) is 12.0 Å². The Hall–Kier alpha value is -1.33. The molecule has 0 unspecified atom stereocenters. The Balaban J connectivity index is 2.48. The number of thiazole rings is 1. The lowest BCUT2D eigenvalue weighted by molar-refractivity contribution is 0.563. The molecule has 102 valence electrons. The van der Waals surface area contributed by atoms with Gasteiger partial charge in [-0.3, -0.25) is 0 Å². The quantitative estimate of drug-likeness (QED) is 0.936. The van der Waals surface area contributed by atoms with Gasteiger partial charge in [0.1, 0.15) is 16.5 Å². The summed E-state index contributed by atoms with van der Waals surface area (Å²) >= 11 is 1.71. The molecule has 2 rings (SSSR count). The van der Waals surface area contributed by atoms with Gasteiger partial charge in [-0.05, 0) is 20.0 Å². The fraction of sp³-hybridized carbons (Fsp3) is 0.500. The minimum atomic E-state index is 0.0447. The molecule has 0 aromatic carbocycles. The van der Waals surface area contributed by atoms with Crippen molar-refractivity contribution in [3.8, 4) is 10.7 Å². The molecule has 0 saturated heterocycles. The van der Waals surface area contributed by atoms with Crippen LogP contribution in [0.3, 0.4) is 0 Å². The Morgan fingerprint density at radius 3 is 2.58 bits per heavy atom. The third-order valence-corrected chi connectivity index (χ3v) is 3.82. The summed E-state index contributed by atoms with van der Waals surface area (Å²) in [5, 5.41) is 4.18. The number of rotatable bonds is 3. The van der Waals surface area contributed by atoms with Gasteiger partial charge < -0.3 is 5.32 Å². The summed E-state index contributed by atoms with van der Waals surface area (Å²) in [7, 11) is 1.96. The van der Waals surface area contributed by atoms with E-state index in [0.717, 1.165) is 28.8 Å². The number of hydrogen-bond donors (Lipinski definition) is 1. The lowest BCUT2D eigenvalue weighted by atomic mass is 9.91. The molecule has 2 aromatic rings. The summed E-state index contributed by atoms with van der Waals surface area (Å²) in [5.74, 6) is 0.778. The molecule has 0 bridgehead atoms. The van der Waals surface area contributed by atoms with Crippen LogP contribution in [0.5, 0.6) is 0 Å². The second-order valence-corrected chi connectivity index (χ2v) is 6.64. The highest BCUT2D eigenvalue weighted by molar-refractivity contribution is 7.15. The molecule has 19 heavy (non-hydrogen) atoms. The van der Waals surface area contributed by atoms with E-state index in [4.69, 9.17) is 4.98 Å². The first-order valence-electron chi connectivity index (χ1n) is 6.36. The smallest absolute Gasteiger partial charge is 0.142 e. The Kier molecular flexibility index (Phi) is 3.96. The van der Waals surface area contributed by atoms with E-state index in [-0.39, 0.29) is 5.41 Å². The number of hydrogen-bond acceptors (Lipinski definition) is 5. The van der Waals surface area contributed by atoms with Crippen molar-refractivity contribution in [2.24, 2.45) is 0 Å². The average molecular weight is 276 g/mol. The van der Waals surface area contributed by atoms with Gasteiger partial charge in [0.2, 0.25) is 0 Å². The first-order chi connectivity index (χ1) is 8.91. The van der Waals surface area contributed by atoms with Crippen molar-refractivity contribution < 1.29 is 0 Å². The molecule has 0 spiro atoms. The molecular formula is C14H20N4S. The molecule has 0 radical (unpaired) electrons. The van der Waals surface area contributed by atoms with Gasteiger partial charge in [0, 0.05) is 23.0 Å². The molecule has 2 heterocycles. The highest BCUT2D eigenvalue weighted by atomic mass is 32.1. The standard InChI is InChI=1S/C14H20N4S/c1-9-16-7-6-10(17-9)13-18-12(14(2,3)4)11(19-13)8-15-5/h6-7,15H,8H2,1-5H3. The van der Waals surface area contributed by atoms with Gasteiger partial charge in [0.25, 0.3) is 0 Å². The Bertz CT molecular complexity index is 569. The average Bonchev–Trinajstić information content (AvgIpc) is 2.73. The first-order valence-corrected chi connectivity index (χ1v) is 7.18. The molecule has 0 saturated carbocycles. The van der Waals surface area contributed by atoms with E-state index < -0.39 is 0 Å². The Labute approximate surface area is 118 Å². The number of nitrogens with zero attached hydrogens (tertiary/aromatic N) is 3. The van der Waals surface area contributed by atoms with Crippen LogP contribution in [0.1, 0.15) is 37.2 Å². The molecule has 0 aliphatic heterocycles. The molecule has 0 atom stereocenters. The van der Waals surface area contributed by atoms with Crippen LogP contribution < -0.4 is 5.32 Å². The highest BCUT2D eigenvalue weighted by Gasteiger charge is 2.23. The fourth-order valence-electron chi connectivity index (χ4n) is 1.90. The minimum Gasteiger partial charge on any atom is -0.315 e. The lowest BCUT2D eigenvalue weighted by Crippen LogP contribution is -2.16. The Morgan fingerprint density at radius 1 is 1.26 bits per heavy atom. The monoisotopic (exact) mass is 276 g/mol. The van der Waals surface area contributed by atoms with E-state index in [2.05, 4.69) is 36.1 Å². The zero-order valence-electron chi connectivity index (χ0n) is 12.1. The normalized spacial score (nSPS) is 11.8. The predicted octanol–water partition coefficient (Wildman–Crippen LogP) is 2.93. The molecular weight excluding hydrogens is 256 g/mol. The number of aryl methyl sites for hydroxylation is 1. The van der Waals surface area contributed by atoms with Crippen molar-refractivity contribution in [3.63, 3.8) is 0 Å². The van der Waals surface area contributed by atoms with Gasteiger partial charge in [-0.25, -0.2) is 15.0 Å². The fourth-order valence-corrected chi connectivity index (χ4v) is 3.16. The SMILES string of the molecule is CNCc1sc(-c2ccnc(C)n2)nc1C(C)(C)C. The van der Waals surface area contributed by atoms with Crippen LogP contribution in [-0.4, -0.2) is 22.0 Å². The van der Waals surface area contributed by atoms with Gasteiger partial charge >= 0.3 is 0 Å². The summed E-state index contributed by atoms with van der Waals surface area (Å²) in [5.41, 5.74) is 2.10. The topological polar surface area (TPSA) is 50.7 Å². The number of nitrogens with one attached hydrogen (secondary N) is 1. The van der Waals surface area contributed by atoms with E-state index in [1.54, 1.807) is 17.5 Å². The highest BCUT2D eigenvalue weighted by Crippen LogP contribution is 2.33. The van der Waals surface area contributed by atoms with E-state index >= 15 is 0 Å². The van der Waals surface area contributed by atoms with Crippen molar-refractivity contribution in [1.29, 1.82) is 0 Å². The van der Waals surface area contributed by atoms with Crippen LogP contribution in [0.15, 0.2) is 12.3 Å². The summed E-state index contributed by atoms with van der Waals surface area (Å²) in [4.78, 5) is 14.7. The van der Waals surface area contributed by atoms with Crippen LogP contribution >= 0.6 is 11.3 Å². The van der Waals surface area contributed by atoms with Gasteiger partial charge in [0.15, 0.2) is 0 Å². The molecule has 1 N–H and O–H groups in total. The maximum absolute atomic E-state index is 4.80. The lowest BCUT2D eigenvalue weighted by Gasteiger charge is -2.17. The van der Waals surface area contributed by atoms with Crippen LogP contribution in [0.2, 0.25) is 0 Å². The van der Waals surface area contributed by atoms with E-state index in [9.17, 15) is 0 Å². The van der Waals surface area contributed by atoms with Crippen LogP contribution in [0.4, 0.5) is 0 Å². The molecule has 0 amide bonds. The molecule has 4 nitrogen and oxygen atoms in total. The first kappa shape index (κ1) is 14.1. The largest absolute Gasteiger partial charge is 0.315 e. The van der Waals surface area contributed by atoms with E-state index in [0.29, 0.717) is 0 Å². The second kappa shape index (κ2) is 5.35. The van der Waals surface area contributed by atoms with Gasteiger partial charge in [-0.1, -0.05) is 20.8 Å². The number of aromatic nitrogens is 3. The minimum absolute atomic E-state index is 0.0447. The zero-order valence-corrected chi connectivity index (χ0v) is 12.9. The molecule has 0 aliphatic carbocycles. The summed E-state index contributed by atoms with van der Waals surface area (Å²) in [6.07, 6.45) is 1.79. The van der Waals surface area contributed by atoms with Crippen molar-refractivity contribution in [1.82, 2.24) is 20.3 Å². The van der Waals surface area contributed by atoms with E-state index in [1.165, 1.54) is 4.88 Å². The Morgan fingerprint density at radius 2 is 2.00 bits per heavy atom. The second-order valence-electron chi connectivity index (χ2n) is 5.56. The maximum atomic E-state index is 4.80.